The number of aliphatic hydroxyl groups excluding tert-OH is 2. The summed E-state index contributed by atoms with van der Waals surface area (Å²) in [7, 11) is 0. The highest BCUT2D eigenvalue weighted by molar-refractivity contribution is 5.76. The van der Waals surface area contributed by atoms with Gasteiger partial charge in [0.25, 0.3) is 0 Å². The third-order valence-electron chi connectivity index (χ3n) is 3.65. The van der Waals surface area contributed by atoms with Crippen LogP contribution in [0.3, 0.4) is 0 Å². The van der Waals surface area contributed by atoms with Crippen LogP contribution < -0.4 is 0 Å². The summed E-state index contributed by atoms with van der Waals surface area (Å²) in [6.07, 6.45) is 6.43. The first-order valence-electron chi connectivity index (χ1n) is 6.91. The van der Waals surface area contributed by atoms with Crippen LogP contribution in [0, 0.1) is 5.92 Å². The van der Waals surface area contributed by atoms with Crippen molar-refractivity contribution in [2.45, 2.75) is 12.0 Å². The van der Waals surface area contributed by atoms with Crippen LogP contribution in [0.25, 0.3) is 0 Å². The van der Waals surface area contributed by atoms with E-state index in [-0.39, 0.29) is 19.1 Å². The van der Waals surface area contributed by atoms with Gasteiger partial charge in [-0.25, -0.2) is 0 Å². The van der Waals surface area contributed by atoms with Crippen molar-refractivity contribution in [3.05, 3.63) is 48.0 Å². The maximum Gasteiger partial charge on any atom is 0.109 e. The van der Waals surface area contributed by atoms with Gasteiger partial charge < -0.3 is 14.9 Å². The van der Waals surface area contributed by atoms with Crippen molar-refractivity contribution in [2.24, 2.45) is 10.9 Å². The maximum atomic E-state index is 9.76. The summed E-state index contributed by atoms with van der Waals surface area (Å²) in [5, 5.41) is 18.5. The summed E-state index contributed by atoms with van der Waals surface area (Å²) >= 11 is 0. The number of aliphatic imine (C=N–C) groups is 1. The molecule has 1 aromatic rings. The van der Waals surface area contributed by atoms with Crippen LogP contribution in [0.1, 0.15) is 12.0 Å². The minimum atomic E-state index is -0.501. The number of benzene rings is 1. The summed E-state index contributed by atoms with van der Waals surface area (Å²) in [5.41, 5.74) is 0.574. The van der Waals surface area contributed by atoms with Gasteiger partial charge >= 0.3 is 0 Å². The lowest BCUT2D eigenvalue weighted by atomic mass is 9.77. The Balaban J connectivity index is 2.15. The van der Waals surface area contributed by atoms with Crippen LogP contribution >= 0.6 is 0 Å². The van der Waals surface area contributed by atoms with Crippen molar-refractivity contribution in [3.8, 4) is 0 Å². The van der Waals surface area contributed by atoms with Crippen molar-refractivity contribution >= 4 is 6.21 Å². The first-order chi connectivity index (χ1) is 9.83. The molecule has 1 aromatic carbocycles. The van der Waals surface area contributed by atoms with Crippen molar-refractivity contribution in [1.29, 1.82) is 0 Å². The van der Waals surface area contributed by atoms with Gasteiger partial charge in [0.2, 0.25) is 0 Å². The van der Waals surface area contributed by atoms with Crippen LogP contribution in [0.5, 0.6) is 0 Å². The van der Waals surface area contributed by atoms with Crippen LogP contribution in [-0.4, -0.2) is 42.9 Å². The highest BCUT2D eigenvalue weighted by Crippen LogP contribution is 2.39. The predicted octanol–water partition coefficient (Wildman–Crippen LogP) is 1.53. The van der Waals surface area contributed by atoms with Gasteiger partial charge in [-0.2, -0.15) is 0 Å². The summed E-state index contributed by atoms with van der Waals surface area (Å²) in [6.45, 7) is 0.893. The molecule has 0 amide bonds. The molecule has 108 valence electrons. The Labute approximate surface area is 119 Å². The fourth-order valence-corrected chi connectivity index (χ4v) is 2.59. The fourth-order valence-electron chi connectivity index (χ4n) is 2.59. The standard InChI is InChI=1S/C16H21NO3/c18-10-12-20-11-7-15(13-19)16(8-4-9-17-16)14-5-2-1-3-6-14/h1-6,8-9,15,18-19H,7,10-13H2. The Morgan fingerprint density at radius 1 is 1.15 bits per heavy atom. The summed E-state index contributed by atoms with van der Waals surface area (Å²) in [4.78, 5) is 4.61. The topological polar surface area (TPSA) is 62.0 Å². The lowest BCUT2D eigenvalue weighted by Gasteiger charge is -2.33. The quantitative estimate of drug-likeness (QED) is 0.707. The smallest absolute Gasteiger partial charge is 0.109 e. The van der Waals surface area contributed by atoms with E-state index in [0.717, 1.165) is 5.56 Å². The van der Waals surface area contributed by atoms with Gasteiger partial charge in [-0.3, -0.25) is 4.99 Å². The van der Waals surface area contributed by atoms with Gasteiger partial charge in [-0.15, -0.1) is 0 Å². The molecule has 20 heavy (non-hydrogen) atoms. The third-order valence-corrected chi connectivity index (χ3v) is 3.65. The number of rotatable bonds is 8. The van der Waals surface area contributed by atoms with E-state index in [1.165, 1.54) is 0 Å². The molecule has 0 saturated carbocycles. The summed E-state index contributed by atoms with van der Waals surface area (Å²) in [5.74, 6) is -0.0430. The Morgan fingerprint density at radius 2 is 1.95 bits per heavy atom. The zero-order chi connectivity index (χ0) is 14.3. The minimum absolute atomic E-state index is 0.0195. The average molecular weight is 275 g/mol. The van der Waals surface area contributed by atoms with Gasteiger partial charge in [0.05, 0.1) is 13.2 Å². The minimum Gasteiger partial charge on any atom is -0.396 e. The van der Waals surface area contributed by atoms with E-state index in [1.54, 1.807) is 6.21 Å². The van der Waals surface area contributed by atoms with Crippen LogP contribution in [0.4, 0.5) is 0 Å². The molecule has 1 aliphatic heterocycles. The molecule has 0 saturated heterocycles. The Bertz CT molecular complexity index is 444. The van der Waals surface area contributed by atoms with E-state index in [9.17, 15) is 5.11 Å². The number of hydrogen-bond donors (Lipinski definition) is 2. The lowest BCUT2D eigenvalue weighted by Crippen LogP contribution is -2.33. The molecule has 0 aromatic heterocycles. The van der Waals surface area contributed by atoms with Gasteiger partial charge in [0.15, 0.2) is 0 Å². The molecule has 0 aliphatic carbocycles. The van der Waals surface area contributed by atoms with Crippen molar-refractivity contribution in [2.75, 3.05) is 26.4 Å². The molecule has 1 aliphatic rings. The maximum absolute atomic E-state index is 9.76. The predicted molar refractivity (Wildman–Crippen MR) is 78.8 cm³/mol. The molecule has 4 heteroatoms. The van der Waals surface area contributed by atoms with Crippen molar-refractivity contribution in [1.82, 2.24) is 0 Å². The molecule has 0 spiro atoms. The molecule has 0 fully saturated rings. The Kier molecular flexibility index (Phi) is 5.47. The first-order valence-corrected chi connectivity index (χ1v) is 6.91. The van der Waals surface area contributed by atoms with E-state index in [2.05, 4.69) is 4.99 Å². The van der Waals surface area contributed by atoms with Crippen LogP contribution in [0.2, 0.25) is 0 Å². The van der Waals surface area contributed by atoms with E-state index in [0.29, 0.717) is 19.6 Å². The molecule has 2 rings (SSSR count). The van der Waals surface area contributed by atoms with E-state index in [4.69, 9.17) is 9.84 Å². The molecule has 0 bridgehead atoms. The number of nitrogens with zero attached hydrogens (tertiary/aromatic N) is 1. The van der Waals surface area contributed by atoms with Gasteiger partial charge in [-0.05, 0) is 18.1 Å². The van der Waals surface area contributed by atoms with Crippen molar-refractivity contribution in [3.63, 3.8) is 0 Å². The van der Waals surface area contributed by atoms with E-state index < -0.39 is 5.54 Å². The zero-order valence-corrected chi connectivity index (χ0v) is 11.5. The highest BCUT2D eigenvalue weighted by atomic mass is 16.5. The molecule has 0 radical (unpaired) electrons. The second-order valence-electron chi connectivity index (χ2n) is 4.83. The SMILES string of the molecule is OCCOCCC(CO)C1(c2ccccc2)C=CC=N1. The lowest BCUT2D eigenvalue weighted by molar-refractivity contribution is 0.0656. The van der Waals surface area contributed by atoms with Gasteiger partial charge in [0, 0.05) is 25.3 Å². The molecular weight excluding hydrogens is 254 g/mol. The first kappa shape index (κ1) is 14.9. The second-order valence-corrected chi connectivity index (χ2v) is 4.83. The third kappa shape index (κ3) is 3.15. The normalized spacial score (nSPS) is 22.3. The second kappa shape index (κ2) is 7.33. The highest BCUT2D eigenvalue weighted by Gasteiger charge is 2.38. The van der Waals surface area contributed by atoms with Crippen LogP contribution in [-0.2, 0) is 10.3 Å². The molecule has 2 atom stereocenters. The molecule has 2 N–H and O–H groups in total. The van der Waals surface area contributed by atoms with Gasteiger partial charge in [0.1, 0.15) is 5.54 Å². The number of aliphatic hydroxyl groups is 2. The number of ether oxygens (including phenoxy) is 1. The van der Waals surface area contributed by atoms with E-state index in [1.807, 2.05) is 42.5 Å². The molecule has 1 heterocycles. The number of hydrogen-bond acceptors (Lipinski definition) is 4. The van der Waals surface area contributed by atoms with Gasteiger partial charge in [-0.1, -0.05) is 36.4 Å². The van der Waals surface area contributed by atoms with Crippen molar-refractivity contribution < 1.29 is 14.9 Å². The fraction of sp³-hybridized carbons (Fsp3) is 0.438. The molecule has 2 unspecified atom stereocenters. The van der Waals surface area contributed by atoms with Crippen LogP contribution in [0.15, 0.2) is 47.5 Å². The monoisotopic (exact) mass is 275 g/mol. The summed E-state index contributed by atoms with van der Waals surface area (Å²) in [6, 6.07) is 10.00. The molecular formula is C16H21NO3. The number of allylic oxidation sites excluding steroid dienone is 1. The Hall–Kier alpha value is -1.49. The Morgan fingerprint density at radius 3 is 2.55 bits per heavy atom. The van der Waals surface area contributed by atoms with E-state index >= 15 is 0 Å². The largest absolute Gasteiger partial charge is 0.396 e. The average Bonchev–Trinajstić information content (AvgIpc) is 2.99. The zero-order valence-electron chi connectivity index (χ0n) is 11.5. The summed E-state index contributed by atoms with van der Waals surface area (Å²) < 4.78 is 5.32. The molecule has 4 nitrogen and oxygen atoms in total.